The predicted octanol–water partition coefficient (Wildman–Crippen LogP) is 5.14. The van der Waals surface area contributed by atoms with Gasteiger partial charge in [-0.2, -0.15) is 0 Å². The van der Waals surface area contributed by atoms with E-state index >= 15 is 0 Å². The van der Waals surface area contributed by atoms with E-state index in [1.165, 1.54) is 13.2 Å². The summed E-state index contributed by atoms with van der Waals surface area (Å²) in [5.74, 6) is 0.310. The number of rotatable bonds is 4. The lowest BCUT2D eigenvalue weighted by Crippen LogP contribution is -2.41. The average molecular weight is 402 g/mol. The van der Waals surface area contributed by atoms with Gasteiger partial charge in [0.05, 0.1) is 7.11 Å². The number of ether oxygens (including phenoxy) is 3. The van der Waals surface area contributed by atoms with Crippen LogP contribution in [0.15, 0.2) is 36.5 Å². The molecule has 156 valence electrons. The molecule has 0 saturated carbocycles. The highest BCUT2D eigenvalue weighted by molar-refractivity contribution is 5.68. The zero-order valence-corrected chi connectivity index (χ0v) is 17.3. The van der Waals surface area contributed by atoms with Crippen LogP contribution >= 0.6 is 0 Å². The van der Waals surface area contributed by atoms with Crippen LogP contribution in [0.4, 0.5) is 9.18 Å². The molecule has 1 aliphatic heterocycles. The van der Waals surface area contributed by atoms with Crippen LogP contribution < -0.4 is 9.47 Å². The molecule has 1 amide bonds. The first-order chi connectivity index (χ1) is 13.8. The minimum absolute atomic E-state index is 0.0149. The standard InChI is InChI=1S/C22H27FN2O4/c1-22(2,3)29-21(26)25-13-10-15(11-14-25)16-7-6-12-24-20(16)28-19-17(23)8-5-9-18(19)27-4/h5-9,12,15H,10-11,13-14H2,1-4H3. The van der Waals surface area contributed by atoms with E-state index in [0.29, 0.717) is 24.7 Å². The monoisotopic (exact) mass is 402 g/mol. The summed E-state index contributed by atoms with van der Waals surface area (Å²) in [6.07, 6.45) is 2.81. The molecule has 2 aromatic rings. The van der Waals surface area contributed by atoms with Gasteiger partial charge < -0.3 is 19.1 Å². The molecule has 1 aromatic carbocycles. The quantitative estimate of drug-likeness (QED) is 0.709. The van der Waals surface area contributed by atoms with Crippen molar-refractivity contribution in [3.8, 4) is 17.4 Å². The molecule has 0 bridgehead atoms. The van der Waals surface area contributed by atoms with Crippen LogP contribution in [-0.4, -0.2) is 41.8 Å². The van der Waals surface area contributed by atoms with Crippen LogP contribution in [0.1, 0.15) is 45.1 Å². The first-order valence-electron chi connectivity index (χ1n) is 9.71. The summed E-state index contributed by atoms with van der Waals surface area (Å²) in [7, 11) is 1.47. The van der Waals surface area contributed by atoms with Crippen molar-refractivity contribution in [1.29, 1.82) is 0 Å². The largest absolute Gasteiger partial charge is 0.493 e. The molecule has 1 aliphatic rings. The number of benzene rings is 1. The maximum absolute atomic E-state index is 14.3. The normalized spacial score (nSPS) is 15.1. The van der Waals surface area contributed by atoms with Crippen LogP contribution in [0.3, 0.4) is 0 Å². The van der Waals surface area contributed by atoms with Crippen molar-refractivity contribution >= 4 is 6.09 Å². The summed E-state index contributed by atoms with van der Waals surface area (Å²) < 4.78 is 30.8. The third-order valence-electron chi connectivity index (χ3n) is 4.74. The Morgan fingerprint density at radius 3 is 2.55 bits per heavy atom. The molecule has 3 rings (SSSR count). The Kier molecular flexibility index (Phi) is 6.25. The number of aromatic nitrogens is 1. The fourth-order valence-corrected chi connectivity index (χ4v) is 3.34. The second-order valence-electron chi connectivity index (χ2n) is 8.01. The van der Waals surface area contributed by atoms with Gasteiger partial charge in [0.15, 0.2) is 11.6 Å². The number of amides is 1. The van der Waals surface area contributed by atoms with Gasteiger partial charge in [-0.15, -0.1) is 0 Å². The topological polar surface area (TPSA) is 60.9 Å². The van der Waals surface area contributed by atoms with Crippen LogP contribution in [0.25, 0.3) is 0 Å². The van der Waals surface area contributed by atoms with Crippen molar-refractivity contribution in [2.75, 3.05) is 20.2 Å². The van der Waals surface area contributed by atoms with Gasteiger partial charge in [-0.05, 0) is 57.7 Å². The minimum Gasteiger partial charge on any atom is -0.493 e. The Morgan fingerprint density at radius 2 is 1.90 bits per heavy atom. The van der Waals surface area contributed by atoms with Crippen LogP contribution in [0.5, 0.6) is 17.4 Å². The number of nitrogens with zero attached hydrogens (tertiary/aromatic N) is 2. The lowest BCUT2D eigenvalue weighted by Gasteiger charge is -2.33. The van der Waals surface area contributed by atoms with E-state index in [1.807, 2.05) is 32.9 Å². The number of pyridine rings is 1. The maximum Gasteiger partial charge on any atom is 0.410 e. The van der Waals surface area contributed by atoms with Crippen LogP contribution in [0.2, 0.25) is 0 Å². The molecule has 0 radical (unpaired) electrons. The molecule has 6 nitrogen and oxygen atoms in total. The number of halogens is 1. The van der Waals surface area contributed by atoms with Crippen molar-refractivity contribution in [2.24, 2.45) is 0 Å². The van der Waals surface area contributed by atoms with Crippen molar-refractivity contribution in [2.45, 2.75) is 45.1 Å². The highest BCUT2D eigenvalue weighted by Crippen LogP contribution is 2.38. The summed E-state index contributed by atoms with van der Waals surface area (Å²) in [4.78, 5) is 18.3. The van der Waals surface area contributed by atoms with Gasteiger partial charge in [0.1, 0.15) is 5.60 Å². The lowest BCUT2D eigenvalue weighted by molar-refractivity contribution is 0.0204. The number of hydrogen-bond donors (Lipinski definition) is 0. The summed E-state index contributed by atoms with van der Waals surface area (Å²) in [6, 6.07) is 8.29. The first kappa shape index (κ1) is 20.9. The number of carbonyl (C=O) groups excluding carboxylic acids is 1. The van der Waals surface area contributed by atoms with E-state index in [9.17, 15) is 9.18 Å². The van der Waals surface area contributed by atoms with Gasteiger partial charge in [0, 0.05) is 24.8 Å². The van der Waals surface area contributed by atoms with E-state index in [4.69, 9.17) is 14.2 Å². The highest BCUT2D eigenvalue weighted by Gasteiger charge is 2.29. The molecule has 1 saturated heterocycles. The Labute approximate surface area is 170 Å². The number of methoxy groups -OCH3 is 1. The molecule has 1 aromatic heterocycles. The van der Waals surface area contributed by atoms with Crippen LogP contribution in [0, 0.1) is 5.82 Å². The zero-order chi connectivity index (χ0) is 21.0. The fourth-order valence-electron chi connectivity index (χ4n) is 3.34. The number of hydrogen-bond acceptors (Lipinski definition) is 5. The number of likely N-dealkylation sites (tertiary alicyclic amines) is 1. The minimum atomic E-state index is -0.517. The molecule has 0 unspecified atom stereocenters. The fraction of sp³-hybridized carbons (Fsp3) is 0.455. The van der Waals surface area contributed by atoms with E-state index in [-0.39, 0.29) is 17.8 Å². The van der Waals surface area contributed by atoms with Crippen molar-refractivity contribution in [1.82, 2.24) is 9.88 Å². The van der Waals surface area contributed by atoms with Gasteiger partial charge in [-0.1, -0.05) is 12.1 Å². The maximum atomic E-state index is 14.3. The summed E-state index contributed by atoms with van der Waals surface area (Å²) in [6.45, 7) is 6.73. The second-order valence-corrected chi connectivity index (χ2v) is 8.01. The van der Waals surface area contributed by atoms with E-state index in [0.717, 1.165) is 18.4 Å². The number of carbonyl (C=O) groups is 1. The summed E-state index contributed by atoms with van der Waals surface area (Å²) in [5.41, 5.74) is 0.374. The SMILES string of the molecule is COc1cccc(F)c1Oc1ncccc1C1CCN(C(=O)OC(C)(C)C)CC1. The molecule has 0 atom stereocenters. The smallest absolute Gasteiger partial charge is 0.410 e. The first-order valence-corrected chi connectivity index (χ1v) is 9.71. The average Bonchev–Trinajstić information content (AvgIpc) is 2.69. The third-order valence-corrected chi connectivity index (χ3v) is 4.74. The molecule has 0 N–H and O–H groups in total. The van der Waals surface area contributed by atoms with E-state index in [2.05, 4.69) is 4.98 Å². The van der Waals surface area contributed by atoms with Gasteiger partial charge in [0.25, 0.3) is 0 Å². The van der Waals surface area contributed by atoms with E-state index in [1.54, 1.807) is 23.2 Å². The predicted molar refractivity (Wildman–Crippen MR) is 107 cm³/mol. The molecule has 2 heterocycles. The summed E-state index contributed by atoms with van der Waals surface area (Å²) >= 11 is 0. The Hall–Kier alpha value is -2.83. The zero-order valence-electron chi connectivity index (χ0n) is 17.3. The summed E-state index contributed by atoms with van der Waals surface area (Å²) in [5, 5.41) is 0. The van der Waals surface area contributed by atoms with Crippen LogP contribution in [-0.2, 0) is 4.74 Å². The van der Waals surface area contributed by atoms with Gasteiger partial charge in [-0.25, -0.2) is 14.2 Å². The van der Waals surface area contributed by atoms with Gasteiger partial charge in [-0.3, -0.25) is 0 Å². The molecule has 0 spiro atoms. The Bertz CT molecular complexity index is 858. The molecular formula is C22H27FN2O4. The lowest BCUT2D eigenvalue weighted by atomic mass is 9.90. The van der Waals surface area contributed by atoms with Crippen molar-refractivity contribution in [3.63, 3.8) is 0 Å². The number of para-hydroxylation sites is 1. The van der Waals surface area contributed by atoms with Gasteiger partial charge in [0.2, 0.25) is 11.6 Å². The molecular weight excluding hydrogens is 375 g/mol. The Balaban J connectivity index is 1.73. The molecule has 1 fully saturated rings. The third kappa shape index (κ3) is 5.16. The van der Waals surface area contributed by atoms with Gasteiger partial charge >= 0.3 is 6.09 Å². The van der Waals surface area contributed by atoms with Crippen molar-refractivity contribution in [3.05, 3.63) is 47.9 Å². The van der Waals surface area contributed by atoms with E-state index < -0.39 is 11.4 Å². The highest BCUT2D eigenvalue weighted by atomic mass is 19.1. The number of piperidine rings is 1. The Morgan fingerprint density at radius 1 is 1.17 bits per heavy atom. The molecule has 0 aliphatic carbocycles. The molecule has 7 heteroatoms. The second kappa shape index (κ2) is 8.68. The molecule has 29 heavy (non-hydrogen) atoms. The van der Waals surface area contributed by atoms with Crippen molar-refractivity contribution < 1.29 is 23.4 Å².